The largest absolute Gasteiger partial charge is 0.396 e. The Labute approximate surface area is 320 Å². The van der Waals surface area contributed by atoms with Crippen molar-refractivity contribution in [3.05, 3.63) is 65.2 Å². The Balaban J connectivity index is 1.29. The number of carbonyl (C=O) groups excluding carboxylic acids is 3. The Morgan fingerprint density at radius 2 is 0.796 bits per heavy atom. The Bertz CT molecular complexity index is 2090. The maximum Gasteiger partial charge on any atom is 0.261 e. The quantitative estimate of drug-likeness (QED) is 0.0472. The first-order valence-electron chi connectivity index (χ1n) is 20.9. The van der Waals surface area contributed by atoms with Crippen LogP contribution in [0.4, 0.5) is 5.69 Å². The summed E-state index contributed by atoms with van der Waals surface area (Å²) in [5.74, 6) is -0.159. The van der Waals surface area contributed by atoms with Crippen molar-refractivity contribution in [1.29, 1.82) is 0 Å². The highest BCUT2D eigenvalue weighted by atomic mass is 16.3. The van der Waals surface area contributed by atoms with Gasteiger partial charge in [-0.3, -0.25) is 19.3 Å². The summed E-state index contributed by atoms with van der Waals surface area (Å²) in [5, 5.41) is 28.7. The lowest BCUT2D eigenvalue weighted by Gasteiger charge is -2.33. The number of carbonyl (C=O) groups is 3. The summed E-state index contributed by atoms with van der Waals surface area (Å²) in [6.45, 7) is 9.44. The third kappa shape index (κ3) is 6.45. The van der Waals surface area contributed by atoms with E-state index in [1.165, 1.54) is 4.90 Å². The number of hydrogen-bond acceptors (Lipinski definition) is 5. The molecule has 0 aliphatic carbocycles. The highest BCUT2D eigenvalue weighted by molar-refractivity contribution is 6.41. The maximum absolute atomic E-state index is 14.3. The average Bonchev–Trinajstić information content (AvgIpc) is 3.47. The first kappa shape index (κ1) is 38.2. The van der Waals surface area contributed by atoms with Gasteiger partial charge in [0.15, 0.2) is 0 Å². The molecule has 0 radical (unpaired) electrons. The number of rotatable bonds is 20. The molecule has 7 nitrogen and oxygen atoms in total. The molecule has 0 bridgehead atoms. The number of amides is 3. The second-order valence-corrected chi connectivity index (χ2v) is 16.2. The predicted octanol–water partition coefficient (Wildman–Crippen LogP) is 10.5. The molecular weight excluding hydrogens is 673 g/mol. The van der Waals surface area contributed by atoms with Crippen molar-refractivity contribution < 1.29 is 24.6 Å². The van der Waals surface area contributed by atoms with Crippen LogP contribution in [0, 0.1) is 23.7 Å². The Morgan fingerprint density at radius 3 is 1.20 bits per heavy atom. The summed E-state index contributed by atoms with van der Waals surface area (Å²) in [5.41, 5.74) is 2.62. The van der Waals surface area contributed by atoms with Gasteiger partial charge >= 0.3 is 0 Å². The van der Waals surface area contributed by atoms with Crippen molar-refractivity contribution in [2.75, 3.05) is 31.2 Å². The van der Waals surface area contributed by atoms with E-state index < -0.39 is 0 Å². The van der Waals surface area contributed by atoms with Crippen molar-refractivity contribution in [2.24, 2.45) is 23.7 Å². The molecule has 2 heterocycles. The Kier molecular flexibility index (Phi) is 11.6. The van der Waals surface area contributed by atoms with E-state index in [4.69, 9.17) is 0 Å². The van der Waals surface area contributed by atoms with Crippen molar-refractivity contribution in [3.63, 3.8) is 0 Å². The van der Waals surface area contributed by atoms with Crippen LogP contribution in [0.1, 0.15) is 136 Å². The fourth-order valence-corrected chi connectivity index (χ4v) is 9.89. The molecule has 0 saturated carbocycles. The molecule has 2 atom stereocenters. The van der Waals surface area contributed by atoms with Crippen molar-refractivity contribution >= 4 is 66.5 Å². The van der Waals surface area contributed by atoms with Crippen LogP contribution < -0.4 is 4.90 Å². The van der Waals surface area contributed by atoms with Gasteiger partial charge in [0.2, 0.25) is 0 Å². The lowest BCUT2D eigenvalue weighted by molar-refractivity contribution is 0.0514. The minimum absolute atomic E-state index is 0.00110. The predicted molar refractivity (Wildman–Crippen MR) is 221 cm³/mol. The van der Waals surface area contributed by atoms with Crippen LogP contribution >= 0.6 is 0 Å². The molecule has 7 rings (SSSR count). The zero-order valence-corrected chi connectivity index (χ0v) is 32.8. The molecule has 0 fully saturated rings. The first-order valence-corrected chi connectivity index (χ1v) is 20.9. The van der Waals surface area contributed by atoms with E-state index in [2.05, 4.69) is 39.8 Å². The number of aliphatic hydroxyl groups excluding tert-OH is 2. The average molecular weight is 731 g/mol. The monoisotopic (exact) mass is 730 g/mol. The van der Waals surface area contributed by atoms with Gasteiger partial charge in [0.25, 0.3) is 17.7 Å². The Morgan fingerprint density at radius 1 is 0.444 bits per heavy atom. The number of unbranched alkanes of at least 4 members (excludes halogenated alkanes) is 4. The van der Waals surface area contributed by atoms with Gasteiger partial charge < -0.3 is 15.1 Å². The van der Waals surface area contributed by atoms with E-state index in [1.54, 1.807) is 0 Å². The summed E-state index contributed by atoms with van der Waals surface area (Å²) in [7, 11) is 0. The fraction of sp³-hybridized carbons (Fsp3) is 0.511. The highest BCUT2D eigenvalue weighted by Crippen LogP contribution is 2.49. The van der Waals surface area contributed by atoms with Gasteiger partial charge in [-0.2, -0.15) is 0 Å². The van der Waals surface area contributed by atoms with Gasteiger partial charge in [-0.1, -0.05) is 129 Å². The SMILES string of the molecule is CCCCC(CCCC)C(CO)CN1C(=O)c2ccc3c4ccc5c6c(ccc(c7ccc(c2c37)C1=O)c64)N(CC(CO)C(CCCC)CCCC)C5=O. The van der Waals surface area contributed by atoms with Gasteiger partial charge in [-0.25, -0.2) is 0 Å². The molecule has 2 aliphatic heterocycles. The van der Waals surface area contributed by atoms with Gasteiger partial charge in [0, 0.05) is 71.0 Å². The molecule has 7 heteroatoms. The lowest BCUT2D eigenvalue weighted by atomic mass is 9.82. The molecule has 0 spiro atoms. The van der Waals surface area contributed by atoms with E-state index in [0.29, 0.717) is 34.5 Å². The van der Waals surface area contributed by atoms with Crippen LogP contribution in [0.3, 0.4) is 0 Å². The summed E-state index contributed by atoms with van der Waals surface area (Å²) in [6, 6.07) is 15.9. The number of aliphatic hydroxyl groups is 2. The molecule has 0 aromatic heterocycles. The number of imide groups is 1. The number of hydrogen-bond donors (Lipinski definition) is 2. The second kappa shape index (κ2) is 16.3. The first-order chi connectivity index (χ1) is 26.3. The summed E-state index contributed by atoms with van der Waals surface area (Å²) < 4.78 is 0. The van der Waals surface area contributed by atoms with Crippen molar-refractivity contribution in [3.8, 4) is 0 Å². The van der Waals surface area contributed by atoms with Crippen molar-refractivity contribution in [1.82, 2.24) is 4.90 Å². The van der Waals surface area contributed by atoms with Gasteiger partial charge in [0.1, 0.15) is 0 Å². The summed E-state index contributed by atoms with van der Waals surface area (Å²) >= 11 is 0. The van der Waals surface area contributed by atoms with Gasteiger partial charge in [0.05, 0.1) is 5.69 Å². The molecule has 2 N–H and O–H groups in total. The maximum atomic E-state index is 14.3. The smallest absolute Gasteiger partial charge is 0.261 e. The van der Waals surface area contributed by atoms with E-state index in [9.17, 15) is 24.6 Å². The van der Waals surface area contributed by atoms with Gasteiger partial charge in [-0.15, -0.1) is 0 Å². The zero-order valence-electron chi connectivity index (χ0n) is 32.8. The summed E-state index contributed by atoms with van der Waals surface area (Å²) in [6.07, 6.45) is 12.8. The van der Waals surface area contributed by atoms with Gasteiger partial charge in [-0.05, 0) is 63.0 Å². The molecule has 2 unspecified atom stereocenters. The molecule has 2 aliphatic rings. The lowest BCUT2D eigenvalue weighted by Crippen LogP contribution is -2.45. The number of nitrogens with zero attached hydrogens (tertiary/aromatic N) is 2. The van der Waals surface area contributed by atoms with E-state index in [1.807, 2.05) is 41.3 Å². The molecule has 3 amide bonds. The molecule has 5 aromatic rings. The fourth-order valence-electron chi connectivity index (χ4n) is 9.89. The zero-order chi connectivity index (χ0) is 38.1. The third-order valence-electron chi connectivity index (χ3n) is 12.9. The third-order valence-corrected chi connectivity index (χ3v) is 12.9. The molecule has 0 saturated heterocycles. The van der Waals surface area contributed by atoms with E-state index in [-0.39, 0.29) is 55.2 Å². The minimum Gasteiger partial charge on any atom is -0.396 e. The molecular formula is C47H58N2O5. The number of fused-ring (bicyclic) bond motifs is 2. The molecule has 286 valence electrons. The normalized spacial score (nSPS) is 15.5. The Hall–Kier alpha value is -4.07. The summed E-state index contributed by atoms with van der Waals surface area (Å²) in [4.78, 5) is 46.0. The van der Waals surface area contributed by atoms with E-state index in [0.717, 1.165) is 120 Å². The van der Waals surface area contributed by atoms with Crippen LogP contribution in [-0.2, 0) is 0 Å². The second-order valence-electron chi connectivity index (χ2n) is 16.2. The van der Waals surface area contributed by atoms with E-state index >= 15 is 0 Å². The molecule has 5 aromatic carbocycles. The highest BCUT2D eigenvalue weighted by Gasteiger charge is 2.38. The van der Waals surface area contributed by atoms with Crippen LogP contribution in [0.5, 0.6) is 0 Å². The topological polar surface area (TPSA) is 98.2 Å². The number of anilines is 1. The van der Waals surface area contributed by atoms with Crippen LogP contribution in [-0.4, -0.2) is 59.1 Å². The molecule has 54 heavy (non-hydrogen) atoms. The standard InChI is InChI=1S/C47H58N2O5/c1-5-9-13-29(14-10-6-2)31(27-50)25-48-40-24-23-36-34-18-21-38-43-37(20-17-33(41(34)43)35-19-22-39(45(48)52)44(40)42(35)36)46(53)49(47(38)54)26-32(28-51)30(15-11-7-3)16-12-8-4/h17-24,29-32,50-51H,5-16,25-28H2,1-4H3. The van der Waals surface area contributed by atoms with Crippen LogP contribution in [0.2, 0.25) is 0 Å². The van der Waals surface area contributed by atoms with Crippen LogP contribution in [0.15, 0.2) is 48.5 Å². The van der Waals surface area contributed by atoms with Crippen molar-refractivity contribution in [2.45, 2.75) is 105 Å². The minimum atomic E-state index is -0.296. The number of benzene rings is 5. The van der Waals surface area contributed by atoms with Crippen LogP contribution in [0.25, 0.3) is 43.1 Å².